The molecule has 7 atom stereocenters. The summed E-state index contributed by atoms with van der Waals surface area (Å²) in [5, 5.41) is 27.7. The van der Waals surface area contributed by atoms with Crippen molar-refractivity contribution in [2.24, 2.45) is 22.9 Å². The molecule has 0 spiro atoms. The smallest absolute Gasteiger partial charge is 0.412 e. The number of allylic oxidation sites excluding steroid dienone is 1. The van der Waals surface area contributed by atoms with Crippen molar-refractivity contribution in [3.63, 3.8) is 0 Å². The van der Waals surface area contributed by atoms with Gasteiger partial charge in [-0.05, 0) is 104 Å². The molecule has 2 amide bonds. The number of amides is 2. The van der Waals surface area contributed by atoms with E-state index in [-0.39, 0.29) is 70.5 Å². The SMILES string of the molecule is C=CCO[C@@]12Oc3ccc(OC(=O)NCC)cc3[C@H]3[C@H](CCCCO)[C@@H](CCCCO)C=C(C(=NOC4CCCCO4)C[C@@H]1N(Cc1ccc4c(c1)OCO4)C(=O)OCCOCc1ccccc1)[C@H]32. The van der Waals surface area contributed by atoms with Crippen molar-refractivity contribution in [1.29, 1.82) is 0 Å². The van der Waals surface area contributed by atoms with E-state index in [0.29, 0.717) is 67.7 Å². The number of hydrogen-bond acceptors (Lipinski definition) is 14. The van der Waals surface area contributed by atoms with E-state index in [1.165, 1.54) is 0 Å². The van der Waals surface area contributed by atoms with Crippen LogP contribution in [0.3, 0.4) is 0 Å². The summed E-state index contributed by atoms with van der Waals surface area (Å²) in [5.41, 5.74) is 4.02. The van der Waals surface area contributed by atoms with E-state index in [4.69, 9.17) is 47.9 Å². The van der Waals surface area contributed by atoms with Gasteiger partial charge in [-0.25, -0.2) is 9.59 Å². The molecule has 2 aliphatic carbocycles. The molecule has 69 heavy (non-hydrogen) atoms. The van der Waals surface area contributed by atoms with Crippen LogP contribution in [-0.2, 0) is 36.9 Å². The molecule has 16 heteroatoms. The number of aliphatic hydroxyl groups excluding tert-OH is 2. The minimum Gasteiger partial charge on any atom is -0.459 e. The highest BCUT2D eigenvalue weighted by Gasteiger charge is 2.66. The first-order chi connectivity index (χ1) is 33.8. The molecule has 16 nitrogen and oxygen atoms in total. The number of hydrogen-bond donors (Lipinski definition) is 3. The number of fused-ring (bicyclic) bond motifs is 3. The Hall–Kier alpha value is -5.65. The second kappa shape index (κ2) is 24.3. The number of benzene rings is 3. The van der Waals surface area contributed by atoms with E-state index in [1.54, 1.807) is 23.1 Å². The van der Waals surface area contributed by atoms with E-state index < -0.39 is 36.2 Å². The lowest BCUT2D eigenvalue weighted by Gasteiger charge is -2.59. The monoisotopic (exact) mass is 953 g/mol. The maximum Gasteiger partial charge on any atom is 0.412 e. The third-order valence-corrected chi connectivity index (χ3v) is 13.6. The zero-order chi connectivity index (χ0) is 48.0. The van der Waals surface area contributed by atoms with Crippen LogP contribution >= 0.6 is 0 Å². The number of rotatable bonds is 23. The molecule has 1 unspecified atom stereocenters. The molecule has 2 fully saturated rings. The molecule has 3 heterocycles. The molecule has 3 N–H and O–H groups in total. The molecule has 372 valence electrons. The van der Waals surface area contributed by atoms with Gasteiger partial charge in [0.1, 0.15) is 24.1 Å². The summed E-state index contributed by atoms with van der Waals surface area (Å²) >= 11 is 0. The van der Waals surface area contributed by atoms with Crippen molar-refractivity contribution < 1.29 is 62.5 Å². The highest BCUT2D eigenvalue weighted by atomic mass is 16.8. The maximum absolute atomic E-state index is 15.1. The van der Waals surface area contributed by atoms with Gasteiger partial charge in [0, 0.05) is 50.6 Å². The van der Waals surface area contributed by atoms with Gasteiger partial charge in [0.25, 0.3) is 0 Å². The fourth-order valence-electron chi connectivity index (χ4n) is 10.5. The lowest BCUT2D eigenvalue weighted by atomic mass is 9.55. The molecule has 3 aromatic carbocycles. The number of aliphatic hydroxyl groups is 2. The van der Waals surface area contributed by atoms with Gasteiger partial charge in [0.2, 0.25) is 18.9 Å². The van der Waals surface area contributed by atoms with Crippen molar-refractivity contribution in [2.45, 2.75) is 108 Å². The van der Waals surface area contributed by atoms with Crippen LogP contribution in [0.2, 0.25) is 0 Å². The normalized spacial score (nSPS) is 24.8. The number of nitrogens with zero attached hydrogens (tertiary/aromatic N) is 2. The fourth-order valence-corrected chi connectivity index (χ4v) is 10.5. The molecular formula is C53H67N3O13. The van der Waals surface area contributed by atoms with Gasteiger partial charge in [-0.15, -0.1) is 6.58 Å². The Labute approximate surface area is 404 Å². The van der Waals surface area contributed by atoms with Gasteiger partial charge < -0.3 is 58.3 Å². The second-order valence-electron chi connectivity index (χ2n) is 18.1. The van der Waals surface area contributed by atoms with E-state index in [1.807, 2.05) is 61.5 Å². The Morgan fingerprint density at radius 3 is 2.54 bits per heavy atom. The van der Waals surface area contributed by atoms with Gasteiger partial charge in [-0.1, -0.05) is 66.5 Å². The summed E-state index contributed by atoms with van der Waals surface area (Å²) in [5.74, 6) is -0.617. The van der Waals surface area contributed by atoms with Crippen LogP contribution in [0.5, 0.6) is 23.0 Å². The Balaban J connectivity index is 1.27. The quantitative estimate of drug-likeness (QED) is 0.0467. The zero-order valence-electron chi connectivity index (χ0n) is 39.6. The Morgan fingerprint density at radius 2 is 1.75 bits per heavy atom. The molecule has 1 saturated heterocycles. The van der Waals surface area contributed by atoms with E-state index >= 15 is 4.79 Å². The topological polar surface area (TPSA) is 185 Å². The number of unbranched alkanes of at least 4 members (excludes halogenated alkanes) is 2. The van der Waals surface area contributed by atoms with Crippen LogP contribution in [0.25, 0.3) is 0 Å². The highest BCUT2D eigenvalue weighted by molar-refractivity contribution is 6.03. The van der Waals surface area contributed by atoms with Gasteiger partial charge >= 0.3 is 12.2 Å². The first-order valence-corrected chi connectivity index (χ1v) is 24.6. The average molecular weight is 954 g/mol. The number of nitrogens with one attached hydrogen (secondary N) is 1. The Kier molecular flexibility index (Phi) is 17.5. The maximum atomic E-state index is 15.1. The van der Waals surface area contributed by atoms with E-state index in [0.717, 1.165) is 60.8 Å². The number of carbonyl (C=O) groups excluding carboxylic acids is 2. The van der Waals surface area contributed by atoms with E-state index in [9.17, 15) is 15.0 Å². The summed E-state index contributed by atoms with van der Waals surface area (Å²) in [6.07, 6.45) is 9.09. The molecule has 0 radical (unpaired) electrons. The van der Waals surface area contributed by atoms with Crippen LogP contribution in [0.4, 0.5) is 9.59 Å². The number of carbonyl (C=O) groups is 2. The standard InChI is InChI=1S/C53H67N3O13/c1-3-25-66-53-47(56(33-37-19-21-45-46(29-37)65-35-64-45)52(60)63-28-27-61-34-36-14-6-5-7-15-36)32-43(55-69-48-18-10-13-26-62-48)41-30-38(16-8-11-23-57)40(17-9-12-24-58)49(50(41)53)42-31-39(20-22-44(42)68-53)67-51(59)54-4-2/h3,5-7,14-15,19-22,29-31,38,40,47-50,57-58H,1,4,8-13,16-18,23-28,32-35H2,2H3,(H,54,59)/t38-,40+,47-,48?,49+,50+,53+/m0/s1. The van der Waals surface area contributed by atoms with Gasteiger partial charge in [-0.2, -0.15) is 0 Å². The number of oxime groups is 1. The summed E-state index contributed by atoms with van der Waals surface area (Å²) in [7, 11) is 0. The molecule has 3 aromatic rings. The van der Waals surface area contributed by atoms with Gasteiger partial charge in [0.05, 0.1) is 38.1 Å². The van der Waals surface area contributed by atoms with Crippen molar-refractivity contribution in [2.75, 3.05) is 53.0 Å². The largest absolute Gasteiger partial charge is 0.459 e. The fraction of sp³-hybridized carbons (Fsp3) is 0.528. The molecule has 0 bridgehead atoms. The van der Waals surface area contributed by atoms with Gasteiger partial charge in [-0.3, -0.25) is 4.90 Å². The third kappa shape index (κ3) is 11.9. The first kappa shape index (κ1) is 49.8. The molecule has 8 rings (SSSR count). The summed E-state index contributed by atoms with van der Waals surface area (Å²) in [6, 6.07) is 19.9. The van der Waals surface area contributed by atoms with Crippen molar-refractivity contribution >= 4 is 17.9 Å². The predicted octanol–water partition coefficient (Wildman–Crippen LogP) is 8.54. The molecule has 5 aliphatic rings. The van der Waals surface area contributed by atoms with Crippen LogP contribution in [0, 0.1) is 17.8 Å². The molecule has 1 saturated carbocycles. The second-order valence-corrected chi connectivity index (χ2v) is 18.1. The minimum absolute atomic E-state index is 0.0132. The van der Waals surface area contributed by atoms with E-state index in [2.05, 4.69) is 18.0 Å². The minimum atomic E-state index is -1.58. The highest BCUT2D eigenvalue weighted by Crippen LogP contribution is 2.62. The van der Waals surface area contributed by atoms with Crippen molar-refractivity contribution in [1.82, 2.24) is 10.2 Å². The molecular weight excluding hydrogens is 887 g/mol. The Bertz CT molecular complexity index is 2250. The lowest BCUT2D eigenvalue weighted by Crippen LogP contribution is -2.70. The molecule has 3 aliphatic heterocycles. The first-order valence-electron chi connectivity index (χ1n) is 24.6. The van der Waals surface area contributed by atoms with Crippen LogP contribution < -0.4 is 24.3 Å². The lowest BCUT2D eigenvalue weighted by molar-refractivity contribution is -0.256. The molecule has 0 aromatic heterocycles. The third-order valence-electron chi connectivity index (χ3n) is 13.6. The van der Waals surface area contributed by atoms with Crippen LogP contribution in [0.1, 0.15) is 93.7 Å². The van der Waals surface area contributed by atoms with Crippen LogP contribution in [-0.4, -0.2) is 104 Å². The number of ether oxygens (including phenoxy) is 8. The van der Waals surface area contributed by atoms with Crippen molar-refractivity contribution in [3.05, 3.63) is 108 Å². The zero-order valence-corrected chi connectivity index (χ0v) is 39.6. The predicted molar refractivity (Wildman–Crippen MR) is 255 cm³/mol. The van der Waals surface area contributed by atoms with Crippen molar-refractivity contribution in [3.8, 4) is 23.0 Å². The summed E-state index contributed by atoms with van der Waals surface area (Å²) in [4.78, 5) is 36.0. The Morgan fingerprint density at radius 1 is 0.942 bits per heavy atom. The average Bonchev–Trinajstić information content (AvgIpc) is 3.84. The summed E-state index contributed by atoms with van der Waals surface area (Å²) in [6.45, 7) is 7.61. The van der Waals surface area contributed by atoms with Gasteiger partial charge in [0.15, 0.2) is 11.5 Å². The van der Waals surface area contributed by atoms with Crippen LogP contribution in [0.15, 0.2) is 96.2 Å². The summed E-state index contributed by atoms with van der Waals surface area (Å²) < 4.78 is 50.0.